The molecule has 0 atom stereocenters. The van der Waals surface area contributed by atoms with Crippen molar-refractivity contribution in [1.29, 1.82) is 0 Å². The van der Waals surface area contributed by atoms with Gasteiger partial charge in [0.05, 0.1) is 6.20 Å². The summed E-state index contributed by atoms with van der Waals surface area (Å²) in [7, 11) is 2.18. The van der Waals surface area contributed by atoms with Gasteiger partial charge >= 0.3 is 0 Å². The van der Waals surface area contributed by atoms with E-state index in [1.54, 1.807) is 0 Å². The van der Waals surface area contributed by atoms with E-state index in [-0.39, 0.29) is 0 Å². The summed E-state index contributed by atoms with van der Waals surface area (Å²) in [5, 5.41) is 12.8. The molecule has 1 fully saturated rings. The van der Waals surface area contributed by atoms with Crippen molar-refractivity contribution in [3.8, 4) is 22.3 Å². The third-order valence-electron chi connectivity index (χ3n) is 6.73. The molecule has 0 amide bonds. The smallest absolute Gasteiger partial charge is 0.162 e. The van der Waals surface area contributed by atoms with E-state index in [1.165, 1.54) is 17.6 Å². The number of aromatic nitrogens is 3. The standard InChI is InChI=1S/C27H26N6S/c1-31-12-14-32(15-13-31)21-8-6-19(7-9-21)20-16-29-27-25(17-30-33(27)18-20)23-10-11-26(34-28)24-5-3-2-4-22(23)24/h2-11,16-18H,12-15,28H2,1H3. The van der Waals surface area contributed by atoms with Gasteiger partial charge in [0, 0.05) is 60.3 Å². The van der Waals surface area contributed by atoms with Crippen molar-refractivity contribution in [3.63, 3.8) is 0 Å². The number of rotatable bonds is 4. The van der Waals surface area contributed by atoms with E-state index in [1.807, 2.05) is 23.0 Å². The predicted octanol–water partition coefficient (Wildman–Crippen LogP) is 4.93. The van der Waals surface area contributed by atoms with Crippen molar-refractivity contribution in [2.24, 2.45) is 5.14 Å². The Labute approximate surface area is 203 Å². The van der Waals surface area contributed by atoms with Gasteiger partial charge in [-0.2, -0.15) is 5.10 Å². The van der Waals surface area contributed by atoms with Crippen LogP contribution in [0.15, 0.2) is 84.1 Å². The average molecular weight is 467 g/mol. The molecule has 0 bridgehead atoms. The normalized spacial score (nSPS) is 14.8. The number of nitrogens with two attached hydrogens (primary N) is 1. The number of piperazine rings is 1. The molecule has 0 radical (unpaired) electrons. The van der Waals surface area contributed by atoms with Crippen LogP contribution >= 0.6 is 11.9 Å². The molecule has 0 aliphatic carbocycles. The minimum atomic E-state index is 0.844. The van der Waals surface area contributed by atoms with Crippen molar-refractivity contribution in [1.82, 2.24) is 19.5 Å². The zero-order valence-electron chi connectivity index (χ0n) is 19.1. The Morgan fingerprint density at radius 2 is 1.56 bits per heavy atom. The second-order valence-corrected chi connectivity index (χ2v) is 9.46. The van der Waals surface area contributed by atoms with Crippen molar-refractivity contribution < 1.29 is 0 Å². The zero-order chi connectivity index (χ0) is 23.1. The largest absolute Gasteiger partial charge is 0.369 e. The van der Waals surface area contributed by atoms with Gasteiger partial charge in [0.2, 0.25) is 0 Å². The van der Waals surface area contributed by atoms with Gasteiger partial charge in [-0.3, -0.25) is 5.14 Å². The summed E-state index contributed by atoms with van der Waals surface area (Å²) < 4.78 is 1.87. The quantitative estimate of drug-likeness (QED) is 0.379. The molecule has 34 heavy (non-hydrogen) atoms. The maximum absolute atomic E-state index is 5.89. The molecule has 5 aromatic rings. The van der Waals surface area contributed by atoms with E-state index >= 15 is 0 Å². The lowest BCUT2D eigenvalue weighted by Crippen LogP contribution is -2.44. The third kappa shape index (κ3) is 3.72. The molecule has 3 heterocycles. The predicted molar refractivity (Wildman–Crippen MR) is 141 cm³/mol. The van der Waals surface area contributed by atoms with Crippen LogP contribution in [0.2, 0.25) is 0 Å². The Kier molecular flexibility index (Phi) is 5.45. The molecule has 6 rings (SSSR count). The Bertz CT molecular complexity index is 1470. The fraction of sp³-hybridized carbons (Fsp3) is 0.185. The summed E-state index contributed by atoms with van der Waals surface area (Å²) in [4.78, 5) is 10.7. The number of fused-ring (bicyclic) bond motifs is 2. The van der Waals surface area contributed by atoms with Gasteiger partial charge in [-0.15, -0.1) is 0 Å². The molecule has 1 saturated heterocycles. The number of benzene rings is 3. The molecule has 3 aromatic carbocycles. The van der Waals surface area contributed by atoms with Gasteiger partial charge in [0.15, 0.2) is 5.65 Å². The van der Waals surface area contributed by atoms with Gasteiger partial charge in [0.25, 0.3) is 0 Å². The minimum Gasteiger partial charge on any atom is -0.369 e. The van der Waals surface area contributed by atoms with Gasteiger partial charge in [-0.25, -0.2) is 9.50 Å². The third-order valence-corrected chi connectivity index (χ3v) is 7.34. The maximum Gasteiger partial charge on any atom is 0.162 e. The van der Waals surface area contributed by atoms with Crippen LogP contribution in [-0.4, -0.2) is 52.7 Å². The van der Waals surface area contributed by atoms with E-state index in [0.29, 0.717) is 0 Å². The second-order valence-electron chi connectivity index (χ2n) is 8.78. The molecule has 1 aliphatic rings. The number of likely N-dealkylation sites (N-methyl/N-ethyl adjacent to an activating group) is 1. The first-order valence-corrected chi connectivity index (χ1v) is 12.4. The summed E-state index contributed by atoms with van der Waals surface area (Å²) in [6.45, 7) is 4.35. The fourth-order valence-corrected chi connectivity index (χ4v) is 5.20. The molecule has 0 unspecified atom stereocenters. The molecule has 0 saturated carbocycles. The molecule has 2 N–H and O–H groups in total. The second kappa shape index (κ2) is 8.76. The molecule has 7 heteroatoms. The summed E-state index contributed by atoms with van der Waals surface area (Å²) in [6.07, 6.45) is 5.90. The van der Waals surface area contributed by atoms with E-state index in [4.69, 9.17) is 10.1 Å². The van der Waals surface area contributed by atoms with Crippen LogP contribution in [0.1, 0.15) is 0 Å². The first-order chi connectivity index (χ1) is 16.7. The maximum atomic E-state index is 5.89. The van der Waals surface area contributed by atoms with Crippen molar-refractivity contribution >= 4 is 34.1 Å². The molecular weight excluding hydrogens is 440 g/mol. The Morgan fingerprint density at radius 3 is 2.32 bits per heavy atom. The lowest BCUT2D eigenvalue weighted by atomic mass is 10.00. The van der Waals surface area contributed by atoms with Gasteiger partial charge < -0.3 is 9.80 Å². The van der Waals surface area contributed by atoms with Crippen LogP contribution in [0.25, 0.3) is 38.7 Å². The van der Waals surface area contributed by atoms with Crippen LogP contribution in [0.3, 0.4) is 0 Å². The summed E-state index contributed by atoms with van der Waals surface area (Å²) in [6, 6.07) is 21.3. The monoisotopic (exact) mass is 466 g/mol. The molecule has 2 aromatic heterocycles. The number of nitrogens with zero attached hydrogens (tertiary/aromatic N) is 5. The van der Waals surface area contributed by atoms with Crippen molar-refractivity contribution in [3.05, 3.63) is 79.3 Å². The first kappa shape index (κ1) is 21.2. The van der Waals surface area contributed by atoms with Crippen LogP contribution < -0.4 is 10.0 Å². The van der Waals surface area contributed by atoms with Gasteiger partial charge in [-0.05, 0) is 59.1 Å². The molecule has 170 valence electrons. The average Bonchev–Trinajstić information content (AvgIpc) is 3.32. The highest BCUT2D eigenvalue weighted by molar-refractivity contribution is 7.97. The van der Waals surface area contributed by atoms with E-state index < -0.39 is 0 Å². The van der Waals surface area contributed by atoms with Crippen LogP contribution in [0.5, 0.6) is 0 Å². The first-order valence-electron chi connectivity index (χ1n) is 11.5. The minimum absolute atomic E-state index is 0.844. The molecule has 1 aliphatic heterocycles. The Morgan fingerprint density at radius 1 is 0.794 bits per heavy atom. The highest BCUT2D eigenvalue weighted by Crippen LogP contribution is 2.35. The van der Waals surface area contributed by atoms with Crippen molar-refractivity contribution in [2.75, 3.05) is 38.1 Å². The summed E-state index contributed by atoms with van der Waals surface area (Å²) in [5.41, 5.74) is 6.43. The number of hydrogen-bond donors (Lipinski definition) is 1. The highest BCUT2D eigenvalue weighted by Gasteiger charge is 2.16. The summed E-state index contributed by atoms with van der Waals surface area (Å²) in [5.74, 6) is 0. The van der Waals surface area contributed by atoms with E-state index in [9.17, 15) is 0 Å². The number of anilines is 1. The van der Waals surface area contributed by atoms with Gasteiger partial charge in [-0.1, -0.05) is 42.5 Å². The highest BCUT2D eigenvalue weighted by atomic mass is 32.2. The Balaban J connectivity index is 1.33. The van der Waals surface area contributed by atoms with E-state index in [2.05, 4.69) is 82.7 Å². The topological polar surface area (TPSA) is 62.7 Å². The van der Waals surface area contributed by atoms with Gasteiger partial charge in [0.1, 0.15) is 0 Å². The SMILES string of the molecule is CN1CCN(c2ccc(-c3cnc4c(-c5ccc(SN)c6ccccc56)cnn4c3)cc2)CC1. The lowest BCUT2D eigenvalue weighted by Gasteiger charge is -2.34. The van der Waals surface area contributed by atoms with Crippen LogP contribution in [-0.2, 0) is 0 Å². The lowest BCUT2D eigenvalue weighted by molar-refractivity contribution is 0.313. The molecular formula is C27H26N6S. The Hall–Kier alpha value is -3.39. The zero-order valence-corrected chi connectivity index (χ0v) is 19.9. The van der Waals surface area contributed by atoms with Crippen molar-refractivity contribution in [2.45, 2.75) is 4.90 Å². The van der Waals surface area contributed by atoms with E-state index in [0.717, 1.165) is 69.7 Å². The number of hydrogen-bond acceptors (Lipinski definition) is 6. The fourth-order valence-electron chi connectivity index (χ4n) is 4.75. The van der Waals surface area contributed by atoms with Crippen LogP contribution in [0.4, 0.5) is 5.69 Å². The summed E-state index contributed by atoms with van der Waals surface area (Å²) >= 11 is 1.28. The molecule has 0 spiro atoms. The van der Waals surface area contributed by atoms with Crippen LogP contribution in [0, 0.1) is 0 Å². The molecule has 6 nitrogen and oxygen atoms in total.